The molecule has 20 heavy (non-hydrogen) atoms. The highest BCUT2D eigenvalue weighted by Crippen LogP contribution is 2.32. The number of aromatic hydroxyl groups is 2. The Morgan fingerprint density at radius 3 is 2.00 bits per heavy atom. The summed E-state index contributed by atoms with van der Waals surface area (Å²) in [7, 11) is 0. The summed E-state index contributed by atoms with van der Waals surface area (Å²) >= 11 is 17.6. The second-order valence-electron chi connectivity index (χ2n) is 3.94. The molecule has 0 atom stereocenters. The number of carbonyl (C=O) groups excluding carboxylic acids is 1. The van der Waals surface area contributed by atoms with Gasteiger partial charge in [-0.1, -0.05) is 34.8 Å². The summed E-state index contributed by atoms with van der Waals surface area (Å²) in [6, 6.07) is 6.34. The molecule has 0 spiro atoms. The normalized spacial score (nSPS) is 10.3. The summed E-state index contributed by atoms with van der Waals surface area (Å²) in [5.41, 5.74) is 0.346. The van der Waals surface area contributed by atoms with Gasteiger partial charge in [0.05, 0.1) is 20.8 Å². The van der Waals surface area contributed by atoms with E-state index in [4.69, 9.17) is 34.8 Å². The van der Waals surface area contributed by atoms with E-state index in [1.54, 1.807) is 0 Å². The number of nitrogens with one attached hydrogen (secondary N) is 1. The van der Waals surface area contributed by atoms with E-state index in [2.05, 4.69) is 5.32 Å². The highest BCUT2D eigenvalue weighted by Gasteiger charge is 2.12. The van der Waals surface area contributed by atoms with Crippen LogP contribution in [0.25, 0.3) is 0 Å². The monoisotopic (exact) mass is 331 g/mol. The predicted molar refractivity (Wildman–Crippen MR) is 79.2 cm³/mol. The Bertz CT molecular complexity index is 669. The third-order valence-corrected chi connectivity index (χ3v) is 3.46. The molecule has 0 bridgehead atoms. The zero-order valence-corrected chi connectivity index (χ0v) is 12.1. The zero-order valence-electron chi connectivity index (χ0n) is 9.82. The van der Waals surface area contributed by atoms with Crippen LogP contribution in [0.3, 0.4) is 0 Å². The molecule has 7 heteroatoms. The SMILES string of the molecule is O=C(Nc1cc(Cl)c(Cl)cc1Cl)c1cc(O)cc(O)c1. The fourth-order valence-corrected chi connectivity index (χ4v) is 2.13. The van der Waals surface area contributed by atoms with Crippen molar-refractivity contribution in [2.24, 2.45) is 0 Å². The molecular formula is C13H8Cl3NO3. The molecule has 0 aliphatic heterocycles. The van der Waals surface area contributed by atoms with Crippen molar-refractivity contribution in [3.8, 4) is 11.5 Å². The minimum Gasteiger partial charge on any atom is -0.508 e. The first-order valence-electron chi connectivity index (χ1n) is 5.36. The van der Waals surface area contributed by atoms with Gasteiger partial charge >= 0.3 is 0 Å². The largest absolute Gasteiger partial charge is 0.508 e. The van der Waals surface area contributed by atoms with E-state index >= 15 is 0 Å². The molecule has 104 valence electrons. The lowest BCUT2D eigenvalue weighted by Gasteiger charge is -2.09. The number of benzene rings is 2. The number of halogens is 3. The van der Waals surface area contributed by atoms with Gasteiger partial charge in [0, 0.05) is 11.6 Å². The number of phenols is 2. The highest BCUT2D eigenvalue weighted by molar-refractivity contribution is 6.44. The Kier molecular flexibility index (Phi) is 4.28. The van der Waals surface area contributed by atoms with Crippen molar-refractivity contribution in [1.82, 2.24) is 0 Å². The molecule has 2 rings (SSSR count). The Balaban J connectivity index is 2.30. The van der Waals surface area contributed by atoms with Crippen LogP contribution >= 0.6 is 34.8 Å². The number of carbonyl (C=O) groups is 1. The van der Waals surface area contributed by atoms with Gasteiger partial charge in [-0.2, -0.15) is 0 Å². The average Bonchev–Trinajstić information content (AvgIpc) is 2.34. The van der Waals surface area contributed by atoms with Crippen molar-refractivity contribution in [3.63, 3.8) is 0 Å². The second kappa shape index (κ2) is 5.79. The molecule has 0 saturated carbocycles. The van der Waals surface area contributed by atoms with E-state index in [9.17, 15) is 15.0 Å². The Morgan fingerprint density at radius 2 is 1.40 bits per heavy atom. The van der Waals surface area contributed by atoms with Gasteiger partial charge in [0.1, 0.15) is 11.5 Å². The van der Waals surface area contributed by atoms with Crippen LogP contribution in [0.5, 0.6) is 11.5 Å². The van der Waals surface area contributed by atoms with E-state index in [1.807, 2.05) is 0 Å². The smallest absolute Gasteiger partial charge is 0.255 e. The fraction of sp³-hybridized carbons (Fsp3) is 0. The quantitative estimate of drug-likeness (QED) is 0.718. The van der Waals surface area contributed by atoms with E-state index in [0.29, 0.717) is 0 Å². The first kappa shape index (κ1) is 14.8. The molecule has 0 aliphatic rings. The van der Waals surface area contributed by atoms with Gasteiger partial charge in [-0.25, -0.2) is 0 Å². The van der Waals surface area contributed by atoms with Crippen LogP contribution in [0, 0.1) is 0 Å². The number of rotatable bonds is 2. The topological polar surface area (TPSA) is 69.6 Å². The number of phenolic OH excluding ortho intramolecular Hbond substituents is 2. The van der Waals surface area contributed by atoms with Crippen molar-refractivity contribution in [1.29, 1.82) is 0 Å². The molecule has 0 saturated heterocycles. The summed E-state index contributed by atoms with van der Waals surface area (Å²) < 4.78 is 0. The van der Waals surface area contributed by atoms with Crippen molar-refractivity contribution in [3.05, 3.63) is 51.0 Å². The minimum atomic E-state index is -0.559. The summed E-state index contributed by atoms with van der Waals surface area (Å²) in [5, 5.41) is 21.9. The van der Waals surface area contributed by atoms with Gasteiger partial charge in [0.15, 0.2) is 0 Å². The number of hydrogen-bond donors (Lipinski definition) is 3. The van der Waals surface area contributed by atoms with Crippen molar-refractivity contribution < 1.29 is 15.0 Å². The maximum atomic E-state index is 12.0. The molecule has 0 unspecified atom stereocenters. The maximum absolute atomic E-state index is 12.0. The van der Waals surface area contributed by atoms with Gasteiger partial charge in [-0.3, -0.25) is 4.79 Å². The van der Waals surface area contributed by atoms with E-state index in [0.717, 1.165) is 6.07 Å². The van der Waals surface area contributed by atoms with Crippen molar-refractivity contribution in [2.45, 2.75) is 0 Å². The molecule has 1 amide bonds. The summed E-state index contributed by atoms with van der Waals surface area (Å²) in [4.78, 5) is 12.0. The molecule has 0 radical (unpaired) electrons. The van der Waals surface area contributed by atoms with Crippen molar-refractivity contribution in [2.75, 3.05) is 5.32 Å². The average molecular weight is 333 g/mol. The van der Waals surface area contributed by atoms with Crippen LogP contribution in [-0.2, 0) is 0 Å². The van der Waals surface area contributed by atoms with Crippen LogP contribution in [0.1, 0.15) is 10.4 Å². The Hall–Kier alpha value is -1.62. The molecule has 0 heterocycles. The number of hydrogen-bond acceptors (Lipinski definition) is 3. The van der Waals surface area contributed by atoms with Crippen LogP contribution in [0.4, 0.5) is 5.69 Å². The third kappa shape index (κ3) is 3.28. The van der Waals surface area contributed by atoms with Crippen LogP contribution in [0.2, 0.25) is 15.1 Å². The molecule has 0 fully saturated rings. The van der Waals surface area contributed by atoms with Crippen LogP contribution < -0.4 is 5.32 Å². The number of amides is 1. The van der Waals surface area contributed by atoms with Crippen LogP contribution in [-0.4, -0.2) is 16.1 Å². The summed E-state index contributed by atoms with van der Waals surface area (Å²) in [5.74, 6) is -1.01. The molecular weight excluding hydrogens is 325 g/mol. The van der Waals surface area contributed by atoms with E-state index in [-0.39, 0.29) is 37.8 Å². The standard InChI is InChI=1S/C13H8Cl3NO3/c14-9-4-11(16)12(5-10(9)15)17-13(20)6-1-7(18)3-8(19)2-6/h1-5,18-19H,(H,17,20). The molecule has 0 aromatic heterocycles. The van der Waals surface area contributed by atoms with Crippen LogP contribution in [0.15, 0.2) is 30.3 Å². The van der Waals surface area contributed by atoms with E-state index < -0.39 is 5.91 Å². The fourth-order valence-electron chi connectivity index (χ4n) is 1.54. The lowest BCUT2D eigenvalue weighted by molar-refractivity contribution is 0.102. The molecule has 0 aliphatic carbocycles. The van der Waals surface area contributed by atoms with Crippen molar-refractivity contribution >= 4 is 46.4 Å². The van der Waals surface area contributed by atoms with E-state index in [1.165, 1.54) is 24.3 Å². The zero-order chi connectivity index (χ0) is 14.9. The van der Waals surface area contributed by atoms with Gasteiger partial charge in [0.2, 0.25) is 0 Å². The summed E-state index contributed by atoms with van der Waals surface area (Å²) in [6.45, 7) is 0. The first-order chi connectivity index (χ1) is 9.36. The van der Waals surface area contributed by atoms with Gasteiger partial charge in [0.25, 0.3) is 5.91 Å². The molecule has 3 N–H and O–H groups in total. The van der Waals surface area contributed by atoms with Gasteiger partial charge in [-0.05, 0) is 24.3 Å². The minimum absolute atomic E-state index is 0.0737. The molecule has 2 aromatic carbocycles. The maximum Gasteiger partial charge on any atom is 0.255 e. The highest BCUT2D eigenvalue weighted by atomic mass is 35.5. The molecule has 2 aromatic rings. The first-order valence-corrected chi connectivity index (χ1v) is 6.49. The molecule has 4 nitrogen and oxygen atoms in total. The second-order valence-corrected chi connectivity index (χ2v) is 5.16. The van der Waals surface area contributed by atoms with Gasteiger partial charge in [-0.15, -0.1) is 0 Å². The Morgan fingerprint density at radius 1 is 0.850 bits per heavy atom. The summed E-state index contributed by atoms with van der Waals surface area (Å²) in [6.07, 6.45) is 0. The van der Waals surface area contributed by atoms with Gasteiger partial charge < -0.3 is 15.5 Å². The predicted octanol–water partition coefficient (Wildman–Crippen LogP) is 4.31. The lowest BCUT2D eigenvalue weighted by atomic mass is 10.2. The third-order valence-electron chi connectivity index (χ3n) is 2.42. The number of anilines is 1. The lowest BCUT2D eigenvalue weighted by Crippen LogP contribution is -2.12. The Labute approximate surface area is 129 Å².